The quantitative estimate of drug-likeness (QED) is 0.587. The van der Waals surface area contributed by atoms with Crippen LogP contribution in [0, 0.1) is 0 Å². The van der Waals surface area contributed by atoms with Crippen LogP contribution in [0.25, 0.3) is 0 Å². The number of hydrogen-bond acceptors (Lipinski definition) is 6. The molecule has 0 spiro atoms. The Labute approximate surface area is 183 Å². The number of benzene rings is 2. The molecular formula is C20H23F3N2O4S2. The highest BCUT2D eigenvalue weighted by Gasteiger charge is 2.29. The Kier molecular flexibility index (Phi) is 7.87. The first kappa shape index (κ1) is 23.9. The van der Waals surface area contributed by atoms with Gasteiger partial charge in [-0.15, -0.1) is 0 Å². The molecule has 0 aromatic heterocycles. The van der Waals surface area contributed by atoms with Crippen LogP contribution in [0.4, 0.5) is 13.2 Å². The minimum atomic E-state index is -4.43. The van der Waals surface area contributed by atoms with Gasteiger partial charge in [0.05, 0.1) is 25.2 Å². The molecule has 170 valence electrons. The van der Waals surface area contributed by atoms with Crippen LogP contribution in [-0.4, -0.2) is 58.8 Å². The van der Waals surface area contributed by atoms with E-state index in [-0.39, 0.29) is 34.1 Å². The lowest BCUT2D eigenvalue weighted by Gasteiger charge is -2.35. The van der Waals surface area contributed by atoms with E-state index in [1.54, 1.807) is 7.11 Å². The molecule has 0 bridgehead atoms. The molecule has 0 radical (unpaired) electrons. The molecule has 0 aliphatic carbocycles. The van der Waals surface area contributed by atoms with Gasteiger partial charge in [0.15, 0.2) is 0 Å². The summed E-state index contributed by atoms with van der Waals surface area (Å²) in [5.41, 5.74) is -3.51. The first-order chi connectivity index (χ1) is 14.7. The van der Waals surface area contributed by atoms with E-state index in [2.05, 4.69) is 9.62 Å². The molecule has 1 aliphatic rings. The second-order valence-corrected chi connectivity index (χ2v) is 9.71. The summed E-state index contributed by atoms with van der Waals surface area (Å²) in [6.45, 7) is 2.52. The van der Waals surface area contributed by atoms with Gasteiger partial charge in [-0.05, 0) is 53.7 Å². The van der Waals surface area contributed by atoms with Gasteiger partial charge in [0.1, 0.15) is 5.75 Å². The van der Waals surface area contributed by atoms with Gasteiger partial charge >= 0.3 is 5.51 Å². The van der Waals surface area contributed by atoms with E-state index >= 15 is 0 Å². The van der Waals surface area contributed by atoms with E-state index in [9.17, 15) is 21.6 Å². The van der Waals surface area contributed by atoms with Crippen molar-refractivity contribution >= 4 is 21.8 Å². The Morgan fingerprint density at radius 3 is 2.26 bits per heavy atom. The molecular weight excluding hydrogens is 453 g/mol. The fourth-order valence-corrected chi connectivity index (χ4v) is 4.84. The lowest BCUT2D eigenvalue weighted by molar-refractivity contribution is -0.0328. The number of hydrogen-bond donors (Lipinski definition) is 1. The lowest BCUT2D eigenvalue weighted by atomic mass is 10.0. The summed E-state index contributed by atoms with van der Waals surface area (Å²) in [6, 6.07) is 11.8. The molecule has 1 heterocycles. The van der Waals surface area contributed by atoms with Crippen LogP contribution < -0.4 is 9.46 Å². The predicted octanol–water partition coefficient (Wildman–Crippen LogP) is 3.66. The Balaban J connectivity index is 1.74. The van der Waals surface area contributed by atoms with E-state index < -0.39 is 15.5 Å². The van der Waals surface area contributed by atoms with Crippen LogP contribution in [0.2, 0.25) is 0 Å². The molecule has 3 rings (SSSR count). The molecule has 11 heteroatoms. The third-order valence-electron chi connectivity index (χ3n) is 4.82. The van der Waals surface area contributed by atoms with Gasteiger partial charge in [-0.1, -0.05) is 12.1 Å². The molecule has 0 amide bonds. The van der Waals surface area contributed by atoms with Gasteiger partial charge in [-0.2, -0.15) is 13.2 Å². The maximum Gasteiger partial charge on any atom is 0.446 e. The standard InChI is InChI=1S/C20H23F3N2O4S2/c1-28-16-4-2-15(3-5-16)19(25-10-12-29-13-11-25)14-24-31(26,27)18-8-6-17(7-9-18)30-20(21,22)23/h2-9,19,24H,10-14H2,1H3. The fraction of sp³-hybridized carbons (Fsp3) is 0.400. The zero-order valence-electron chi connectivity index (χ0n) is 16.8. The number of rotatable bonds is 8. The fourth-order valence-electron chi connectivity index (χ4n) is 3.27. The zero-order chi connectivity index (χ0) is 22.5. The summed E-state index contributed by atoms with van der Waals surface area (Å²) in [5, 5.41) is 0. The number of thioether (sulfide) groups is 1. The van der Waals surface area contributed by atoms with Gasteiger partial charge in [0.25, 0.3) is 0 Å². The molecule has 6 nitrogen and oxygen atoms in total. The van der Waals surface area contributed by atoms with Crippen LogP contribution >= 0.6 is 11.8 Å². The number of nitrogens with one attached hydrogen (secondary N) is 1. The molecule has 1 atom stereocenters. The van der Waals surface area contributed by atoms with Crippen LogP contribution in [0.3, 0.4) is 0 Å². The summed E-state index contributed by atoms with van der Waals surface area (Å²) in [7, 11) is -2.33. The van der Waals surface area contributed by atoms with Gasteiger partial charge in [0.2, 0.25) is 10.0 Å². The third-order valence-corrected chi connectivity index (χ3v) is 7.00. The SMILES string of the molecule is COc1ccc(C(CNS(=O)(=O)c2ccc(SC(F)(F)F)cc2)N2CCOCC2)cc1. The predicted molar refractivity (Wildman–Crippen MR) is 112 cm³/mol. The molecule has 2 aromatic rings. The van der Waals surface area contributed by atoms with E-state index in [0.717, 1.165) is 17.7 Å². The summed E-state index contributed by atoms with van der Waals surface area (Å²) in [4.78, 5) is 1.97. The Morgan fingerprint density at radius 2 is 1.71 bits per heavy atom. The number of methoxy groups -OCH3 is 1. The first-order valence-electron chi connectivity index (χ1n) is 9.49. The first-order valence-corrected chi connectivity index (χ1v) is 11.8. The molecule has 31 heavy (non-hydrogen) atoms. The minimum Gasteiger partial charge on any atom is -0.497 e. The average molecular weight is 477 g/mol. The largest absolute Gasteiger partial charge is 0.497 e. The Bertz CT molecular complexity index is 946. The normalized spacial score (nSPS) is 16.8. The number of nitrogens with zero attached hydrogens (tertiary/aromatic N) is 1. The van der Waals surface area contributed by atoms with Crippen molar-refractivity contribution in [2.75, 3.05) is 40.0 Å². The van der Waals surface area contributed by atoms with Crippen molar-refractivity contribution in [3.8, 4) is 5.75 Å². The van der Waals surface area contributed by atoms with Crippen molar-refractivity contribution in [1.29, 1.82) is 0 Å². The van der Waals surface area contributed by atoms with Crippen molar-refractivity contribution in [1.82, 2.24) is 9.62 Å². The highest BCUT2D eigenvalue weighted by Crippen LogP contribution is 2.37. The molecule has 1 unspecified atom stereocenters. The zero-order valence-corrected chi connectivity index (χ0v) is 18.4. The van der Waals surface area contributed by atoms with Crippen molar-refractivity contribution in [2.45, 2.75) is 21.3 Å². The molecule has 1 fully saturated rings. The van der Waals surface area contributed by atoms with Crippen LogP contribution in [0.15, 0.2) is 58.3 Å². The second-order valence-electron chi connectivity index (χ2n) is 6.81. The van der Waals surface area contributed by atoms with Crippen molar-refractivity contribution in [3.05, 3.63) is 54.1 Å². The van der Waals surface area contributed by atoms with Gasteiger partial charge in [-0.25, -0.2) is 13.1 Å². The maximum atomic E-state index is 12.7. The molecule has 1 aliphatic heterocycles. The monoisotopic (exact) mass is 476 g/mol. The summed E-state index contributed by atoms with van der Waals surface area (Å²) < 4.78 is 76.1. The highest BCUT2D eigenvalue weighted by atomic mass is 32.2. The van der Waals surface area contributed by atoms with Gasteiger partial charge in [0, 0.05) is 30.6 Å². The maximum absolute atomic E-state index is 12.7. The number of alkyl halides is 3. The number of morpholine rings is 1. The minimum absolute atomic E-state index is 0.0733. The molecule has 1 saturated heterocycles. The van der Waals surface area contributed by atoms with Crippen LogP contribution in [-0.2, 0) is 14.8 Å². The van der Waals surface area contributed by atoms with E-state index in [1.165, 1.54) is 12.1 Å². The van der Waals surface area contributed by atoms with Gasteiger partial charge < -0.3 is 9.47 Å². The molecule has 1 N–H and O–H groups in total. The summed E-state index contributed by atoms with van der Waals surface area (Å²) >= 11 is -0.287. The van der Waals surface area contributed by atoms with Crippen molar-refractivity contribution < 1.29 is 31.1 Å². The van der Waals surface area contributed by atoms with E-state index in [0.29, 0.717) is 32.1 Å². The number of halogens is 3. The van der Waals surface area contributed by atoms with Crippen LogP contribution in [0.5, 0.6) is 5.75 Å². The third kappa shape index (κ3) is 6.84. The molecule has 0 saturated carbocycles. The van der Waals surface area contributed by atoms with Gasteiger partial charge in [-0.3, -0.25) is 4.90 Å². The Morgan fingerprint density at radius 1 is 1.10 bits per heavy atom. The summed E-state index contributed by atoms with van der Waals surface area (Å²) in [6.07, 6.45) is 0. The van der Waals surface area contributed by atoms with Crippen molar-refractivity contribution in [3.63, 3.8) is 0 Å². The lowest BCUT2D eigenvalue weighted by Crippen LogP contribution is -2.43. The van der Waals surface area contributed by atoms with E-state index in [1.807, 2.05) is 24.3 Å². The van der Waals surface area contributed by atoms with E-state index in [4.69, 9.17) is 9.47 Å². The summed E-state index contributed by atoms with van der Waals surface area (Å²) in [5.74, 6) is 0.696. The van der Waals surface area contributed by atoms with Crippen molar-refractivity contribution in [2.24, 2.45) is 0 Å². The smallest absolute Gasteiger partial charge is 0.446 e. The molecule has 2 aromatic carbocycles. The average Bonchev–Trinajstić information content (AvgIpc) is 2.74. The second kappa shape index (κ2) is 10.2. The Hall–Kier alpha value is -1.79. The number of ether oxygens (including phenoxy) is 2. The number of sulfonamides is 1. The van der Waals surface area contributed by atoms with Crippen LogP contribution in [0.1, 0.15) is 11.6 Å². The highest BCUT2D eigenvalue weighted by molar-refractivity contribution is 8.00. The topological polar surface area (TPSA) is 67.9 Å².